The summed E-state index contributed by atoms with van der Waals surface area (Å²) in [6, 6.07) is 9.89. The van der Waals surface area contributed by atoms with Crippen LogP contribution in [0.2, 0.25) is 0 Å². The molecule has 6 nitrogen and oxygen atoms in total. The second kappa shape index (κ2) is 7.25. The number of piperidine rings is 1. The Morgan fingerprint density at radius 1 is 1.26 bits per heavy atom. The van der Waals surface area contributed by atoms with Gasteiger partial charge in [0.25, 0.3) is 0 Å². The number of hydrogen-bond acceptors (Lipinski definition) is 6. The van der Waals surface area contributed by atoms with Crippen LogP contribution in [0.3, 0.4) is 0 Å². The van der Waals surface area contributed by atoms with E-state index in [1.165, 1.54) is 0 Å². The number of ether oxygens (including phenoxy) is 1. The molecule has 1 amide bonds. The molecule has 0 atom stereocenters. The zero-order valence-electron chi connectivity index (χ0n) is 15.2. The highest BCUT2D eigenvalue weighted by atomic mass is 32.1. The molecule has 4 rings (SSSR count). The summed E-state index contributed by atoms with van der Waals surface area (Å²) in [5.41, 5.74) is 7.15. The van der Waals surface area contributed by atoms with Crippen molar-refractivity contribution in [3.05, 3.63) is 52.7 Å². The number of benzene rings is 1. The molecule has 27 heavy (non-hydrogen) atoms. The van der Waals surface area contributed by atoms with Crippen molar-refractivity contribution >= 4 is 27.5 Å². The number of nitrogens with zero attached hydrogens (tertiary/aromatic N) is 2. The highest BCUT2D eigenvalue weighted by molar-refractivity contribution is 7.16. The molecule has 0 radical (unpaired) electrons. The normalized spacial score (nSPS) is 16.3. The molecule has 1 aliphatic rings. The highest BCUT2D eigenvalue weighted by Gasteiger charge is 2.41. The van der Waals surface area contributed by atoms with Gasteiger partial charge >= 0.3 is 0 Å². The fraction of sp³-hybridized carbons (Fsp3) is 0.350. The van der Waals surface area contributed by atoms with Crippen LogP contribution in [0.5, 0.6) is 5.88 Å². The minimum atomic E-state index is -0.648. The Labute approximate surface area is 161 Å². The quantitative estimate of drug-likeness (QED) is 0.708. The molecule has 0 unspecified atom stereocenters. The molecule has 2 aromatic heterocycles. The average molecular weight is 382 g/mol. The van der Waals surface area contributed by atoms with Gasteiger partial charge in [-0.3, -0.25) is 4.79 Å². The van der Waals surface area contributed by atoms with Gasteiger partial charge in [-0.05, 0) is 55.4 Å². The Balaban J connectivity index is 1.67. The number of amides is 1. The second-order valence-corrected chi connectivity index (χ2v) is 7.75. The largest absolute Gasteiger partial charge is 0.472 e. The summed E-state index contributed by atoms with van der Waals surface area (Å²) in [7, 11) is 0. The number of primary amides is 1. The topological polar surface area (TPSA) is 90.1 Å². The number of carbonyl (C=O) groups is 1. The molecule has 3 N–H and O–H groups in total. The van der Waals surface area contributed by atoms with Crippen LogP contribution >= 0.6 is 11.3 Å². The molecule has 0 aliphatic carbocycles. The van der Waals surface area contributed by atoms with Crippen molar-refractivity contribution in [1.82, 2.24) is 15.3 Å². The van der Waals surface area contributed by atoms with Crippen LogP contribution < -0.4 is 15.8 Å². The molecular weight excluding hydrogens is 360 g/mol. The third-order valence-corrected chi connectivity index (χ3v) is 6.03. The van der Waals surface area contributed by atoms with Gasteiger partial charge in [0.15, 0.2) is 0 Å². The third-order valence-electron chi connectivity index (χ3n) is 5.23. The maximum absolute atomic E-state index is 12.4. The van der Waals surface area contributed by atoms with E-state index in [9.17, 15) is 4.79 Å². The van der Waals surface area contributed by atoms with E-state index in [0.29, 0.717) is 31.2 Å². The number of aromatic nitrogens is 2. The minimum absolute atomic E-state index is 0.269. The van der Waals surface area contributed by atoms with Gasteiger partial charge in [-0.2, -0.15) is 4.98 Å². The van der Waals surface area contributed by atoms with Crippen LogP contribution in [-0.2, 0) is 16.8 Å². The van der Waals surface area contributed by atoms with E-state index in [4.69, 9.17) is 10.5 Å². The fourth-order valence-electron chi connectivity index (χ4n) is 3.80. The lowest BCUT2D eigenvalue weighted by Gasteiger charge is -2.36. The third kappa shape index (κ3) is 3.28. The lowest BCUT2D eigenvalue weighted by molar-refractivity contribution is -0.124. The number of fused-ring (bicyclic) bond motifs is 1. The Morgan fingerprint density at radius 3 is 2.81 bits per heavy atom. The fourth-order valence-corrected chi connectivity index (χ4v) is 4.60. The molecule has 1 saturated heterocycles. The minimum Gasteiger partial charge on any atom is -0.472 e. The summed E-state index contributed by atoms with van der Waals surface area (Å²) in [6.45, 7) is 3.74. The molecule has 1 aromatic carbocycles. The Hall–Kier alpha value is -2.51. The molecule has 0 saturated carbocycles. The van der Waals surface area contributed by atoms with Gasteiger partial charge in [-0.25, -0.2) is 4.98 Å². The van der Waals surface area contributed by atoms with Gasteiger partial charge in [0, 0.05) is 0 Å². The predicted octanol–water partition coefficient (Wildman–Crippen LogP) is 2.69. The van der Waals surface area contributed by atoms with Crippen LogP contribution in [0.1, 0.15) is 29.8 Å². The van der Waals surface area contributed by atoms with Crippen LogP contribution in [0.25, 0.3) is 10.2 Å². The molecular formula is C20H22N4O2S. The molecule has 0 bridgehead atoms. The van der Waals surface area contributed by atoms with Crippen LogP contribution in [0, 0.1) is 6.92 Å². The Morgan fingerprint density at radius 2 is 2.04 bits per heavy atom. The van der Waals surface area contributed by atoms with Crippen molar-refractivity contribution in [2.45, 2.75) is 31.8 Å². The van der Waals surface area contributed by atoms with Crippen molar-refractivity contribution in [2.24, 2.45) is 5.73 Å². The molecule has 3 heterocycles. The van der Waals surface area contributed by atoms with Crippen molar-refractivity contribution in [3.8, 4) is 5.88 Å². The van der Waals surface area contributed by atoms with Gasteiger partial charge < -0.3 is 15.8 Å². The van der Waals surface area contributed by atoms with E-state index in [1.807, 2.05) is 42.6 Å². The highest BCUT2D eigenvalue weighted by Crippen LogP contribution is 2.36. The van der Waals surface area contributed by atoms with E-state index >= 15 is 0 Å². The summed E-state index contributed by atoms with van der Waals surface area (Å²) in [5, 5.41) is 6.20. The molecule has 7 heteroatoms. The maximum atomic E-state index is 12.4. The zero-order chi connectivity index (χ0) is 18.9. The van der Waals surface area contributed by atoms with E-state index in [0.717, 1.165) is 34.4 Å². The lowest BCUT2D eigenvalue weighted by Crippen LogP contribution is -2.49. The smallest absolute Gasteiger partial charge is 0.228 e. The molecule has 3 aromatic rings. The number of rotatable bonds is 5. The van der Waals surface area contributed by atoms with Crippen molar-refractivity contribution in [1.29, 1.82) is 0 Å². The van der Waals surface area contributed by atoms with E-state index in [2.05, 4.69) is 15.3 Å². The van der Waals surface area contributed by atoms with E-state index in [-0.39, 0.29) is 5.91 Å². The summed E-state index contributed by atoms with van der Waals surface area (Å²) in [4.78, 5) is 22.2. The van der Waals surface area contributed by atoms with Crippen LogP contribution in [-0.4, -0.2) is 29.0 Å². The molecule has 1 aliphatic heterocycles. The summed E-state index contributed by atoms with van der Waals surface area (Å²) >= 11 is 1.57. The molecule has 140 valence electrons. The first-order valence-electron chi connectivity index (χ1n) is 9.04. The monoisotopic (exact) mass is 382 g/mol. The van der Waals surface area contributed by atoms with Crippen molar-refractivity contribution < 1.29 is 9.53 Å². The Bertz CT molecular complexity index is 979. The SMILES string of the molecule is Cc1nc(OCc2ccccc2C2(C(N)=O)CCNCC2)c2ccsc2n1. The second-order valence-electron chi connectivity index (χ2n) is 6.86. The van der Waals surface area contributed by atoms with Gasteiger partial charge in [0.05, 0.1) is 10.8 Å². The first kappa shape index (κ1) is 17.9. The summed E-state index contributed by atoms with van der Waals surface area (Å²) in [5.74, 6) is 0.988. The molecule has 1 fully saturated rings. The van der Waals surface area contributed by atoms with Gasteiger partial charge in [-0.1, -0.05) is 24.3 Å². The van der Waals surface area contributed by atoms with Gasteiger partial charge in [0.1, 0.15) is 17.3 Å². The average Bonchev–Trinajstić information content (AvgIpc) is 3.15. The zero-order valence-corrected chi connectivity index (χ0v) is 16.0. The molecule has 0 spiro atoms. The van der Waals surface area contributed by atoms with E-state index in [1.54, 1.807) is 11.3 Å². The first-order valence-corrected chi connectivity index (χ1v) is 9.92. The number of aryl methyl sites for hydroxylation is 1. The van der Waals surface area contributed by atoms with E-state index < -0.39 is 5.41 Å². The summed E-state index contributed by atoms with van der Waals surface area (Å²) in [6.07, 6.45) is 1.39. The number of nitrogens with one attached hydrogen (secondary N) is 1. The number of nitrogens with two attached hydrogens (primary N) is 1. The van der Waals surface area contributed by atoms with Gasteiger partial charge in [0.2, 0.25) is 11.8 Å². The van der Waals surface area contributed by atoms with Crippen molar-refractivity contribution in [3.63, 3.8) is 0 Å². The lowest BCUT2D eigenvalue weighted by atomic mass is 9.71. The number of hydrogen-bond donors (Lipinski definition) is 2. The van der Waals surface area contributed by atoms with Crippen LogP contribution in [0.4, 0.5) is 0 Å². The predicted molar refractivity (Wildman–Crippen MR) is 106 cm³/mol. The van der Waals surface area contributed by atoms with Crippen LogP contribution in [0.15, 0.2) is 35.7 Å². The summed E-state index contributed by atoms with van der Waals surface area (Å²) < 4.78 is 6.09. The first-order chi connectivity index (χ1) is 13.1. The van der Waals surface area contributed by atoms with Crippen molar-refractivity contribution in [2.75, 3.05) is 13.1 Å². The maximum Gasteiger partial charge on any atom is 0.228 e. The van der Waals surface area contributed by atoms with Gasteiger partial charge in [-0.15, -0.1) is 11.3 Å². The number of carbonyl (C=O) groups excluding carboxylic acids is 1. The number of thiophene rings is 1. The Kier molecular flexibility index (Phi) is 4.80. The standard InChI is InChI=1S/C20H22N4O2S/c1-13-23-17(15-6-11-27-18(15)24-13)26-12-14-4-2-3-5-16(14)20(19(21)25)7-9-22-10-8-20/h2-6,11,22H,7-10,12H2,1H3,(H2,21,25).